The summed E-state index contributed by atoms with van der Waals surface area (Å²) in [4.78, 5) is 19.0. The number of aromatic nitrogens is 1. The Morgan fingerprint density at radius 2 is 1.97 bits per heavy atom. The Balaban J connectivity index is 1.21. The molecule has 0 bridgehead atoms. The van der Waals surface area contributed by atoms with Gasteiger partial charge in [0.1, 0.15) is 11.9 Å². The van der Waals surface area contributed by atoms with Crippen LogP contribution in [-0.2, 0) is 11.2 Å². The molecule has 1 amide bonds. The number of hydrogen-bond acceptors (Lipinski definition) is 6. The summed E-state index contributed by atoms with van der Waals surface area (Å²) in [5.41, 5.74) is 1.91. The standard InChI is InChI=1S/C23H26N2O5/c1-14-4-5-24-17(6-14)9-23(27)25-11-15-7-19(26)21(8-16(15)12-25)30-18-2-3-20-22(10-18)29-13-28-20/h2-6,10,15-16,19,21,26H,7-9,11-13H2,1H3/t15-,16+,19+,21+/m0/s1. The summed E-state index contributed by atoms with van der Waals surface area (Å²) in [5.74, 6) is 2.79. The van der Waals surface area contributed by atoms with Crippen LogP contribution < -0.4 is 14.2 Å². The van der Waals surface area contributed by atoms with E-state index in [1.165, 1.54) is 0 Å². The van der Waals surface area contributed by atoms with E-state index in [0.29, 0.717) is 55.0 Å². The Morgan fingerprint density at radius 1 is 1.17 bits per heavy atom. The van der Waals surface area contributed by atoms with Crippen LogP contribution in [0, 0.1) is 18.8 Å². The number of rotatable bonds is 4. The van der Waals surface area contributed by atoms with Crippen LogP contribution in [0.2, 0.25) is 0 Å². The molecule has 7 heteroatoms. The molecule has 1 aromatic carbocycles. The first-order chi connectivity index (χ1) is 14.5. The van der Waals surface area contributed by atoms with Gasteiger partial charge in [-0.3, -0.25) is 9.78 Å². The maximum Gasteiger partial charge on any atom is 0.231 e. The molecule has 30 heavy (non-hydrogen) atoms. The van der Waals surface area contributed by atoms with E-state index in [1.54, 1.807) is 12.3 Å². The number of benzene rings is 1. The highest BCUT2D eigenvalue weighted by Crippen LogP contribution is 2.40. The molecule has 1 N–H and O–H groups in total. The van der Waals surface area contributed by atoms with Gasteiger partial charge in [0.05, 0.1) is 12.5 Å². The van der Waals surface area contributed by atoms with Crippen LogP contribution in [0.4, 0.5) is 0 Å². The second-order valence-corrected chi connectivity index (χ2v) is 8.53. The average molecular weight is 410 g/mol. The molecule has 3 aliphatic rings. The zero-order valence-corrected chi connectivity index (χ0v) is 17.0. The van der Waals surface area contributed by atoms with Crippen molar-refractivity contribution in [1.82, 2.24) is 9.88 Å². The first kappa shape index (κ1) is 19.2. The van der Waals surface area contributed by atoms with Crippen molar-refractivity contribution >= 4 is 5.91 Å². The smallest absolute Gasteiger partial charge is 0.231 e. The summed E-state index contributed by atoms with van der Waals surface area (Å²) < 4.78 is 16.8. The van der Waals surface area contributed by atoms with Crippen LogP contribution in [0.1, 0.15) is 24.1 Å². The summed E-state index contributed by atoms with van der Waals surface area (Å²) in [6, 6.07) is 9.36. The molecule has 4 atom stereocenters. The number of nitrogens with zero attached hydrogens (tertiary/aromatic N) is 2. The van der Waals surface area contributed by atoms with Crippen molar-refractivity contribution in [3.05, 3.63) is 47.8 Å². The molecule has 1 aliphatic carbocycles. The average Bonchev–Trinajstić information content (AvgIpc) is 3.34. The van der Waals surface area contributed by atoms with Gasteiger partial charge in [0.2, 0.25) is 12.7 Å². The van der Waals surface area contributed by atoms with Gasteiger partial charge in [-0.1, -0.05) is 0 Å². The molecule has 7 nitrogen and oxygen atoms in total. The number of aryl methyl sites for hydroxylation is 1. The Labute approximate surface area is 175 Å². The highest BCUT2D eigenvalue weighted by Gasteiger charge is 2.43. The molecule has 5 rings (SSSR count). The molecular weight excluding hydrogens is 384 g/mol. The molecule has 158 valence electrons. The minimum atomic E-state index is -0.551. The number of pyridine rings is 1. The fourth-order valence-electron chi connectivity index (χ4n) is 4.81. The van der Waals surface area contributed by atoms with E-state index in [4.69, 9.17) is 14.2 Å². The molecule has 2 aliphatic heterocycles. The molecule has 0 spiro atoms. The van der Waals surface area contributed by atoms with E-state index in [0.717, 1.165) is 17.7 Å². The van der Waals surface area contributed by atoms with E-state index in [-0.39, 0.29) is 18.8 Å². The fraction of sp³-hybridized carbons (Fsp3) is 0.478. The van der Waals surface area contributed by atoms with Crippen LogP contribution in [-0.4, -0.2) is 53.0 Å². The van der Waals surface area contributed by atoms with Gasteiger partial charge >= 0.3 is 0 Å². The normalized spacial score (nSPS) is 27.1. The first-order valence-electron chi connectivity index (χ1n) is 10.5. The lowest BCUT2D eigenvalue weighted by atomic mass is 9.78. The van der Waals surface area contributed by atoms with Crippen LogP contribution in [0.3, 0.4) is 0 Å². The topological polar surface area (TPSA) is 81.1 Å². The van der Waals surface area contributed by atoms with Gasteiger partial charge in [0, 0.05) is 31.0 Å². The van der Waals surface area contributed by atoms with Gasteiger partial charge in [0.25, 0.3) is 0 Å². The Morgan fingerprint density at radius 3 is 2.80 bits per heavy atom. The molecule has 2 aromatic rings. The molecule has 1 aromatic heterocycles. The van der Waals surface area contributed by atoms with Crippen LogP contribution >= 0.6 is 0 Å². The molecular formula is C23H26N2O5. The summed E-state index contributed by atoms with van der Waals surface area (Å²) >= 11 is 0. The van der Waals surface area contributed by atoms with Gasteiger partial charge in [-0.25, -0.2) is 0 Å². The van der Waals surface area contributed by atoms with E-state index < -0.39 is 6.10 Å². The van der Waals surface area contributed by atoms with Crippen molar-refractivity contribution < 1.29 is 24.1 Å². The van der Waals surface area contributed by atoms with Gasteiger partial charge < -0.3 is 24.2 Å². The van der Waals surface area contributed by atoms with Crippen molar-refractivity contribution in [2.45, 2.75) is 38.4 Å². The SMILES string of the molecule is Cc1ccnc(CC(=O)N2C[C@H]3C[C@@H](Oc4ccc5c(c4)OCO5)[C@H](O)C[C@H]3C2)c1. The van der Waals surface area contributed by atoms with Gasteiger partial charge in [-0.15, -0.1) is 0 Å². The van der Waals surface area contributed by atoms with Crippen molar-refractivity contribution in [3.8, 4) is 17.2 Å². The minimum Gasteiger partial charge on any atom is -0.488 e. The zero-order valence-electron chi connectivity index (χ0n) is 17.0. The van der Waals surface area contributed by atoms with E-state index >= 15 is 0 Å². The Hall–Kier alpha value is -2.80. The number of ether oxygens (including phenoxy) is 3. The highest BCUT2D eigenvalue weighted by molar-refractivity contribution is 5.78. The number of likely N-dealkylation sites (tertiary alicyclic amines) is 1. The molecule has 0 radical (unpaired) electrons. The minimum absolute atomic E-state index is 0.102. The number of carbonyl (C=O) groups is 1. The zero-order chi connectivity index (χ0) is 20.7. The van der Waals surface area contributed by atoms with Crippen LogP contribution in [0.15, 0.2) is 36.5 Å². The number of amides is 1. The predicted octanol–water partition coefficient (Wildman–Crippen LogP) is 2.34. The number of fused-ring (bicyclic) bond motifs is 2. The van der Waals surface area contributed by atoms with E-state index in [9.17, 15) is 9.90 Å². The largest absolute Gasteiger partial charge is 0.488 e. The first-order valence-corrected chi connectivity index (χ1v) is 10.5. The van der Waals surface area contributed by atoms with Crippen LogP contribution in [0.25, 0.3) is 0 Å². The quantitative estimate of drug-likeness (QED) is 0.833. The summed E-state index contributed by atoms with van der Waals surface area (Å²) in [5, 5.41) is 10.7. The predicted molar refractivity (Wildman–Crippen MR) is 108 cm³/mol. The lowest BCUT2D eigenvalue weighted by Gasteiger charge is -2.35. The number of carbonyl (C=O) groups excluding carboxylic acids is 1. The third-order valence-electron chi connectivity index (χ3n) is 6.37. The van der Waals surface area contributed by atoms with Gasteiger partial charge in [-0.05, 0) is 61.4 Å². The summed E-state index contributed by atoms with van der Waals surface area (Å²) in [7, 11) is 0. The van der Waals surface area contributed by atoms with Crippen molar-refractivity contribution in [3.63, 3.8) is 0 Å². The maximum atomic E-state index is 12.8. The lowest BCUT2D eigenvalue weighted by molar-refractivity contribution is -0.129. The second kappa shape index (κ2) is 7.80. The highest BCUT2D eigenvalue weighted by atomic mass is 16.7. The Kier molecular flexibility index (Phi) is 4.98. The van der Waals surface area contributed by atoms with Gasteiger partial charge in [-0.2, -0.15) is 0 Å². The molecule has 3 heterocycles. The van der Waals surface area contributed by atoms with Crippen molar-refractivity contribution in [2.24, 2.45) is 11.8 Å². The van der Waals surface area contributed by atoms with Gasteiger partial charge in [0.15, 0.2) is 11.5 Å². The number of hydrogen-bond donors (Lipinski definition) is 1. The molecule has 0 unspecified atom stereocenters. The van der Waals surface area contributed by atoms with Crippen LogP contribution in [0.5, 0.6) is 17.2 Å². The summed E-state index contributed by atoms with van der Waals surface area (Å²) in [6.07, 6.45) is 2.60. The molecule has 1 saturated carbocycles. The molecule has 1 saturated heterocycles. The number of aliphatic hydroxyl groups excluding tert-OH is 1. The van der Waals surface area contributed by atoms with Crippen molar-refractivity contribution in [1.29, 1.82) is 0 Å². The Bertz CT molecular complexity index is 949. The molecule has 2 fully saturated rings. The fourth-order valence-corrected chi connectivity index (χ4v) is 4.81. The van der Waals surface area contributed by atoms with E-state index in [1.807, 2.05) is 36.1 Å². The second-order valence-electron chi connectivity index (χ2n) is 8.53. The van der Waals surface area contributed by atoms with Crippen molar-refractivity contribution in [2.75, 3.05) is 19.9 Å². The lowest BCUT2D eigenvalue weighted by Crippen LogP contribution is -2.42. The number of aliphatic hydroxyl groups is 1. The monoisotopic (exact) mass is 410 g/mol. The van der Waals surface area contributed by atoms with E-state index in [2.05, 4.69) is 4.98 Å². The summed E-state index contributed by atoms with van der Waals surface area (Å²) in [6.45, 7) is 3.63. The third kappa shape index (κ3) is 3.81. The third-order valence-corrected chi connectivity index (χ3v) is 6.37. The maximum absolute atomic E-state index is 12.8.